The third-order valence-electron chi connectivity index (χ3n) is 3.70. The van der Waals surface area contributed by atoms with Crippen molar-refractivity contribution in [3.05, 3.63) is 16.6 Å². The number of amides is 2. The van der Waals surface area contributed by atoms with Crippen LogP contribution in [0.25, 0.3) is 0 Å². The van der Waals surface area contributed by atoms with Gasteiger partial charge in [-0.3, -0.25) is 14.5 Å². The van der Waals surface area contributed by atoms with Gasteiger partial charge < -0.3 is 5.32 Å². The molecule has 0 spiro atoms. The van der Waals surface area contributed by atoms with Gasteiger partial charge in [-0.25, -0.2) is 4.98 Å². The van der Waals surface area contributed by atoms with Gasteiger partial charge in [0.2, 0.25) is 11.8 Å². The van der Waals surface area contributed by atoms with Gasteiger partial charge in [0.15, 0.2) is 0 Å². The van der Waals surface area contributed by atoms with E-state index in [1.165, 1.54) is 4.90 Å². The van der Waals surface area contributed by atoms with E-state index < -0.39 is 0 Å². The molecule has 1 aromatic rings. The second-order valence-corrected chi connectivity index (χ2v) is 5.94. The van der Waals surface area contributed by atoms with E-state index >= 15 is 0 Å². The van der Waals surface area contributed by atoms with Crippen LogP contribution in [0.5, 0.6) is 0 Å². The second-order valence-electron chi connectivity index (χ2n) is 4.96. The van der Waals surface area contributed by atoms with E-state index in [9.17, 15) is 9.59 Å². The van der Waals surface area contributed by atoms with Crippen LogP contribution in [0.2, 0.25) is 0 Å². The largest absolute Gasteiger partial charge is 0.305 e. The number of rotatable bonds is 7. The van der Waals surface area contributed by atoms with Gasteiger partial charge in [0.1, 0.15) is 0 Å². The Bertz CT molecular complexity index is 457. The molecule has 5 nitrogen and oxygen atoms in total. The Balaban J connectivity index is 1.87. The Morgan fingerprint density at radius 1 is 1.45 bits per heavy atom. The van der Waals surface area contributed by atoms with Crippen molar-refractivity contribution in [3.8, 4) is 0 Å². The average Bonchev–Trinajstić information content (AvgIpc) is 3.04. The van der Waals surface area contributed by atoms with Gasteiger partial charge in [0.05, 0.1) is 17.5 Å². The molecule has 110 valence electrons. The van der Waals surface area contributed by atoms with E-state index in [1.807, 2.05) is 19.2 Å². The average molecular weight is 295 g/mol. The number of carbonyl (C=O) groups excluding carboxylic acids is 2. The predicted octanol–water partition coefficient (Wildman–Crippen LogP) is 1.59. The minimum atomic E-state index is -0.358. The first-order valence-corrected chi connectivity index (χ1v) is 8.03. The molecule has 0 saturated carbocycles. The predicted molar refractivity (Wildman–Crippen MR) is 78.4 cm³/mol. The molecule has 1 aromatic heterocycles. The molecular formula is C14H21N3O2S. The standard InChI is InChI=1S/C14H21N3O2S/c1-3-10(4-2)17-13(18)9-11(14(17)19)15-6-5-12-16-7-8-20-12/h7-8,10-11,15H,3-6,9H2,1-2H3. The van der Waals surface area contributed by atoms with Gasteiger partial charge >= 0.3 is 0 Å². The van der Waals surface area contributed by atoms with E-state index in [4.69, 9.17) is 0 Å². The van der Waals surface area contributed by atoms with Crippen molar-refractivity contribution in [1.29, 1.82) is 0 Å². The fraction of sp³-hybridized carbons (Fsp3) is 0.643. The van der Waals surface area contributed by atoms with Gasteiger partial charge in [-0.05, 0) is 12.8 Å². The Hall–Kier alpha value is -1.27. The second kappa shape index (κ2) is 6.95. The summed E-state index contributed by atoms with van der Waals surface area (Å²) in [5.74, 6) is -0.113. The lowest BCUT2D eigenvalue weighted by Gasteiger charge is -2.24. The van der Waals surface area contributed by atoms with Crippen molar-refractivity contribution in [3.63, 3.8) is 0 Å². The van der Waals surface area contributed by atoms with Gasteiger partial charge in [0, 0.05) is 30.6 Å². The van der Waals surface area contributed by atoms with Gasteiger partial charge in [-0.2, -0.15) is 0 Å². The highest BCUT2D eigenvalue weighted by Gasteiger charge is 2.40. The van der Waals surface area contributed by atoms with E-state index in [1.54, 1.807) is 17.5 Å². The van der Waals surface area contributed by atoms with Crippen molar-refractivity contribution < 1.29 is 9.59 Å². The zero-order chi connectivity index (χ0) is 14.5. The number of likely N-dealkylation sites (tertiary alicyclic amines) is 1. The molecule has 1 unspecified atom stereocenters. The number of nitrogens with one attached hydrogen (secondary N) is 1. The van der Waals surface area contributed by atoms with Crippen LogP contribution in [0.3, 0.4) is 0 Å². The molecule has 0 aliphatic carbocycles. The number of carbonyl (C=O) groups is 2. The van der Waals surface area contributed by atoms with Crippen molar-refractivity contribution in [2.24, 2.45) is 0 Å². The number of hydrogen-bond donors (Lipinski definition) is 1. The van der Waals surface area contributed by atoms with Crippen molar-refractivity contribution >= 4 is 23.2 Å². The molecule has 0 aromatic carbocycles. The molecule has 2 rings (SSSR count). The first-order chi connectivity index (χ1) is 9.67. The summed E-state index contributed by atoms with van der Waals surface area (Å²) in [4.78, 5) is 30.0. The SMILES string of the molecule is CCC(CC)N1C(=O)CC(NCCc2nccs2)C1=O. The molecule has 1 aliphatic heterocycles. The molecular weight excluding hydrogens is 274 g/mol. The van der Waals surface area contributed by atoms with Crippen molar-refractivity contribution in [2.45, 2.75) is 51.6 Å². The summed E-state index contributed by atoms with van der Waals surface area (Å²) in [5.41, 5.74) is 0. The van der Waals surface area contributed by atoms with Gasteiger partial charge in [-0.1, -0.05) is 13.8 Å². The minimum Gasteiger partial charge on any atom is -0.305 e. The molecule has 1 saturated heterocycles. The lowest BCUT2D eigenvalue weighted by molar-refractivity contribution is -0.141. The highest BCUT2D eigenvalue weighted by Crippen LogP contribution is 2.20. The zero-order valence-electron chi connectivity index (χ0n) is 12.0. The number of hydrogen-bond acceptors (Lipinski definition) is 5. The molecule has 1 N–H and O–H groups in total. The number of imide groups is 1. The number of nitrogens with zero attached hydrogens (tertiary/aromatic N) is 2. The molecule has 1 atom stereocenters. The summed E-state index contributed by atoms with van der Waals surface area (Å²) in [5, 5.41) is 6.17. The lowest BCUT2D eigenvalue weighted by Crippen LogP contribution is -2.44. The first kappa shape index (κ1) is 15.1. The van der Waals surface area contributed by atoms with E-state index in [2.05, 4.69) is 10.3 Å². The third-order valence-corrected chi connectivity index (χ3v) is 4.54. The summed E-state index contributed by atoms with van der Waals surface area (Å²) < 4.78 is 0. The van der Waals surface area contributed by atoms with Crippen LogP contribution in [0, 0.1) is 0 Å². The van der Waals surface area contributed by atoms with E-state index in [0.29, 0.717) is 6.54 Å². The molecule has 2 amide bonds. The molecule has 0 radical (unpaired) electrons. The van der Waals surface area contributed by atoms with Crippen LogP contribution in [0.1, 0.15) is 38.1 Å². The summed E-state index contributed by atoms with van der Waals surface area (Å²) in [7, 11) is 0. The monoisotopic (exact) mass is 295 g/mol. The van der Waals surface area contributed by atoms with Crippen LogP contribution in [-0.2, 0) is 16.0 Å². The normalized spacial score (nSPS) is 19.4. The quantitative estimate of drug-likeness (QED) is 0.776. The fourth-order valence-electron chi connectivity index (χ4n) is 2.58. The highest BCUT2D eigenvalue weighted by molar-refractivity contribution is 7.09. The zero-order valence-corrected chi connectivity index (χ0v) is 12.8. The van der Waals surface area contributed by atoms with Crippen LogP contribution in [-0.4, -0.2) is 40.3 Å². The Morgan fingerprint density at radius 3 is 2.80 bits per heavy atom. The van der Waals surface area contributed by atoms with Crippen LogP contribution in [0.4, 0.5) is 0 Å². The first-order valence-electron chi connectivity index (χ1n) is 7.15. The van der Waals surface area contributed by atoms with Crippen molar-refractivity contribution in [2.75, 3.05) is 6.54 Å². The summed E-state index contributed by atoms with van der Waals surface area (Å²) in [6, 6.07) is -0.316. The summed E-state index contributed by atoms with van der Waals surface area (Å²) in [6.45, 7) is 4.70. The molecule has 1 aliphatic rings. The smallest absolute Gasteiger partial charge is 0.247 e. The summed E-state index contributed by atoms with van der Waals surface area (Å²) >= 11 is 1.61. The number of thiazole rings is 1. The lowest BCUT2D eigenvalue weighted by atomic mass is 10.1. The minimum absolute atomic E-state index is 0.0424. The Labute approximate surface area is 123 Å². The van der Waals surface area contributed by atoms with Crippen LogP contribution < -0.4 is 5.32 Å². The molecule has 20 heavy (non-hydrogen) atoms. The molecule has 0 bridgehead atoms. The van der Waals surface area contributed by atoms with Crippen LogP contribution in [0.15, 0.2) is 11.6 Å². The highest BCUT2D eigenvalue weighted by atomic mass is 32.1. The maximum atomic E-state index is 12.3. The molecule has 6 heteroatoms. The maximum absolute atomic E-state index is 12.3. The Kier molecular flexibility index (Phi) is 5.25. The van der Waals surface area contributed by atoms with Crippen LogP contribution >= 0.6 is 11.3 Å². The molecule has 1 fully saturated rings. The third kappa shape index (κ3) is 3.24. The number of aromatic nitrogens is 1. The van der Waals surface area contributed by atoms with Gasteiger partial charge in [-0.15, -0.1) is 11.3 Å². The van der Waals surface area contributed by atoms with Gasteiger partial charge in [0.25, 0.3) is 0 Å². The fourth-order valence-corrected chi connectivity index (χ4v) is 3.20. The topological polar surface area (TPSA) is 62.3 Å². The maximum Gasteiger partial charge on any atom is 0.247 e. The molecule has 2 heterocycles. The summed E-state index contributed by atoms with van der Waals surface area (Å²) in [6.07, 6.45) is 4.49. The van der Waals surface area contributed by atoms with Crippen molar-refractivity contribution in [1.82, 2.24) is 15.2 Å². The van der Waals surface area contributed by atoms with E-state index in [0.717, 1.165) is 24.3 Å². The Morgan fingerprint density at radius 2 is 2.20 bits per heavy atom. The van der Waals surface area contributed by atoms with E-state index in [-0.39, 0.29) is 30.3 Å².